The van der Waals surface area contributed by atoms with Gasteiger partial charge in [-0.3, -0.25) is 4.79 Å². The SMILES string of the molecule is COc1ccc(C(C)=O)cc1-c1ccc(F)cc1. The second kappa shape index (κ2) is 5.00. The molecule has 0 bridgehead atoms. The van der Waals surface area contributed by atoms with Crippen molar-refractivity contribution in [3.63, 3.8) is 0 Å². The third-order valence-corrected chi connectivity index (χ3v) is 2.76. The van der Waals surface area contributed by atoms with Gasteiger partial charge in [-0.1, -0.05) is 12.1 Å². The van der Waals surface area contributed by atoms with E-state index in [9.17, 15) is 9.18 Å². The predicted molar refractivity (Wildman–Crippen MR) is 68.4 cm³/mol. The molecule has 3 heteroatoms. The van der Waals surface area contributed by atoms with Crippen LogP contribution in [0.5, 0.6) is 5.75 Å². The van der Waals surface area contributed by atoms with E-state index < -0.39 is 0 Å². The van der Waals surface area contributed by atoms with Crippen molar-refractivity contribution in [2.24, 2.45) is 0 Å². The Morgan fingerprint density at radius 2 is 1.78 bits per heavy atom. The molecule has 0 aliphatic heterocycles. The van der Waals surface area contributed by atoms with Crippen molar-refractivity contribution in [1.29, 1.82) is 0 Å². The summed E-state index contributed by atoms with van der Waals surface area (Å²) in [5, 5.41) is 0. The molecular formula is C15H13FO2. The van der Waals surface area contributed by atoms with Crippen LogP contribution in [0.2, 0.25) is 0 Å². The number of rotatable bonds is 3. The summed E-state index contributed by atoms with van der Waals surface area (Å²) >= 11 is 0. The molecule has 2 rings (SSSR count). The zero-order chi connectivity index (χ0) is 13.1. The summed E-state index contributed by atoms with van der Waals surface area (Å²) in [5.41, 5.74) is 2.21. The van der Waals surface area contributed by atoms with Gasteiger partial charge < -0.3 is 4.74 Å². The molecule has 0 aliphatic carbocycles. The van der Waals surface area contributed by atoms with E-state index in [1.807, 2.05) is 0 Å². The van der Waals surface area contributed by atoms with E-state index in [-0.39, 0.29) is 11.6 Å². The van der Waals surface area contributed by atoms with Crippen LogP contribution < -0.4 is 4.74 Å². The van der Waals surface area contributed by atoms with Crippen LogP contribution >= 0.6 is 0 Å². The number of ether oxygens (including phenoxy) is 1. The zero-order valence-corrected chi connectivity index (χ0v) is 10.2. The van der Waals surface area contributed by atoms with E-state index in [0.29, 0.717) is 11.3 Å². The Bertz CT molecular complexity index is 574. The van der Waals surface area contributed by atoms with Crippen molar-refractivity contribution >= 4 is 5.78 Å². The lowest BCUT2D eigenvalue weighted by molar-refractivity contribution is 0.101. The van der Waals surface area contributed by atoms with Crippen LogP contribution in [0.3, 0.4) is 0 Å². The third kappa shape index (κ3) is 2.40. The molecule has 0 atom stereocenters. The Balaban J connectivity index is 2.56. The first-order valence-corrected chi connectivity index (χ1v) is 5.56. The molecule has 0 aliphatic rings. The quantitative estimate of drug-likeness (QED) is 0.769. The molecule has 0 aromatic heterocycles. The number of benzene rings is 2. The summed E-state index contributed by atoms with van der Waals surface area (Å²) < 4.78 is 18.2. The third-order valence-electron chi connectivity index (χ3n) is 2.76. The Hall–Kier alpha value is -2.16. The lowest BCUT2D eigenvalue weighted by atomic mass is 10.0. The molecule has 0 saturated carbocycles. The fraction of sp³-hybridized carbons (Fsp3) is 0.133. The minimum atomic E-state index is -0.291. The van der Waals surface area contributed by atoms with Crippen LogP contribution in [0.1, 0.15) is 17.3 Å². The van der Waals surface area contributed by atoms with Crippen molar-refractivity contribution in [1.82, 2.24) is 0 Å². The number of ketones is 1. The standard InChI is InChI=1S/C15H13FO2/c1-10(17)12-5-8-15(18-2)14(9-12)11-3-6-13(16)7-4-11/h3-9H,1-2H3. The van der Waals surface area contributed by atoms with Gasteiger partial charge in [-0.25, -0.2) is 4.39 Å². The van der Waals surface area contributed by atoms with Gasteiger partial charge in [0.1, 0.15) is 11.6 Å². The first-order chi connectivity index (χ1) is 8.61. The Morgan fingerprint density at radius 3 is 2.33 bits per heavy atom. The van der Waals surface area contributed by atoms with Crippen molar-refractivity contribution < 1.29 is 13.9 Å². The van der Waals surface area contributed by atoms with Gasteiger partial charge in [0.25, 0.3) is 0 Å². The molecule has 0 radical (unpaired) electrons. The normalized spacial score (nSPS) is 10.2. The van der Waals surface area contributed by atoms with E-state index in [1.165, 1.54) is 19.1 Å². The summed E-state index contributed by atoms with van der Waals surface area (Å²) in [6, 6.07) is 11.3. The molecular weight excluding hydrogens is 231 g/mol. The summed E-state index contributed by atoms with van der Waals surface area (Å²) in [7, 11) is 1.57. The Labute approximate surface area is 105 Å². The van der Waals surface area contributed by atoms with Gasteiger partial charge in [-0.05, 0) is 42.8 Å². The lowest BCUT2D eigenvalue weighted by Gasteiger charge is -2.10. The molecule has 0 heterocycles. The lowest BCUT2D eigenvalue weighted by Crippen LogP contribution is -1.95. The smallest absolute Gasteiger partial charge is 0.159 e. The van der Waals surface area contributed by atoms with Crippen molar-refractivity contribution in [3.8, 4) is 16.9 Å². The minimum absolute atomic E-state index is 0.0129. The summed E-state index contributed by atoms with van der Waals surface area (Å²) in [6.45, 7) is 1.51. The molecule has 0 unspecified atom stereocenters. The molecule has 2 aromatic rings. The molecule has 2 nitrogen and oxygen atoms in total. The maximum Gasteiger partial charge on any atom is 0.159 e. The second-order valence-corrected chi connectivity index (χ2v) is 3.98. The van der Waals surface area contributed by atoms with E-state index in [0.717, 1.165) is 11.1 Å². The minimum Gasteiger partial charge on any atom is -0.496 e. The van der Waals surface area contributed by atoms with Gasteiger partial charge in [0.2, 0.25) is 0 Å². The summed E-state index contributed by atoms with van der Waals surface area (Å²) in [6.07, 6.45) is 0. The van der Waals surface area contributed by atoms with Crippen molar-refractivity contribution in [2.45, 2.75) is 6.92 Å². The molecule has 0 amide bonds. The van der Waals surface area contributed by atoms with Gasteiger partial charge in [-0.2, -0.15) is 0 Å². The number of hydrogen-bond donors (Lipinski definition) is 0. The van der Waals surface area contributed by atoms with Gasteiger partial charge in [0.05, 0.1) is 7.11 Å². The van der Waals surface area contributed by atoms with E-state index in [2.05, 4.69) is 0 Å². The topological polar surface area (TPSA) is 26.3 Å². The number of hydrogen-bond acceptors (Lipinski definition) is 2. The van der Waals surface area contributed by atoms with E-state index in [1.54, 1.807) is 37.4 Å². The number of Topliss-reactive ketones (excluding diaryl/α,β-unsaturated/α-hetero) is 1. The highest BCUT2D eigenvalue weighted by molar-refractivity contribution is 5.96. The molecule has 2 aromatic carbocycles. The van der Waals surface area contributed by atoms with Gasteiger partial charge >= 0.3 is 0 Å². The van der Waals surface area contributed by atoms with Crippen LogP contribution in [0.4, 0.5) is 4.39 Å². The summed E-state index contributed by atoms with van der Waals surface area (Å²) in [5.74, 6) is 0.355. The average Bonchev–Trinajstić information content (AvgIpc) is 2.39. The number of halogens is 1. The van der Waals surface area contributed by atoms with Crippen LogP contribution in [0.15, 0.2) is 42.5 Å². The summed E-state index contributed by atoms with van der Waals surface area (Å²) in [4.78, 5) is 11.4. The van der Waals surface area contributed by atoms with Gasteiger partial charge in [0, 0.05) is 11.1 Å². The first-order valence-electron chi connectivity index (χ1n) is 5.56. The van der Waals surface area contributed by atoms with Crippen LogP contribution in [-0.2, 0) is 0 Å². The second-order valence-electron chi connectivity index (χ2n) is 3.98. The Kier molecular flexibility index (Phi) is 3.42. The van der Waals surface area contributed by atoms with Crippen LogP contribution in [-0.4, -0.2) is 12.9 Å². The van der Waals surface area contributed by atoms with Crippen molar-refractivity contribution in [3.05, 3.63) is 53.8 Å². The molecule has 0 fully saturated rings. The van der Waals surface area contributed by atoms with Crippen LogP contribution in [0, 0.1) is 5.82 Å². The average molecular weight is 244 g/mol. The molecule has 92 valence electrons. The fourth-order valence-electron chi connectivity index (χ4n) is 1.78. The first kappa shape index (κ1) is 12.3. The largest absolute Gasteiger partial charge is 0.496 e. The highest BCUT2D eigenvalue weighted by Gasteiger charge is 2.09. The zero-order valence-electron chi connectivity index (χ0n) is 10.2. The monoisotopic (exact) mass is 244 g/mol. The molecule has 0 N–H and O–H groups in total. The number of carbonyl (C=O) groups excluding carboxylic acids is 1. The highest BCUT2D eigenvalue weighted by Crippen LogP contribution is 2.31. The molecule has 18 heavy (non-hydrogen) atoms. The van der Waals surface area contributed by atoms with Gasteiger partial charge in [-0.15, -0.1) is 0 Å². The Morgan fingerprint density at radius 1 is 1.11 bits per heavy atom. The maximum absolute atomic E-state index is 12.9. The van der Waals surface area contributed by atoms with E-state index >= 15 is 0 Å². The number of carbonyl (C=O) groups is 1. The number of methoxy groups -OCH3 is 1. The van der Waals surface area contributed by atoms with Crippen molar-refractivity contribution in [2.75, 3.05) is 7.11 Å². The molecule has 0 spiro atoms. The molecule has 0 saturated heterocycles. The van der Waals surface area contributed by atoms with Gasteiger partial charge in [0.15, 0.2) is 5.78 Å². The predicted octanol–water partition coefficient (Wildman–Crippen LogP) is 3.70. The fourth-order valence-corrected chi connectivity index (χ4v) is 1.78. The maximum atomic E-state index is 12.9. The van der Waals surface area contributed by atoms with E-state index in [4.69, 9.17) is 4.74 Å². The van der Waals surface area contributed by atoms with Crippen LogP contribution in [0.25, 0.3) is 11.1 Å². The highest BCUT2D eigenvalue weighted by atomic mass is 19.1.